The predicted octanol–water partition coefficient (Wildman–Crippen LogP) is 4.00. The van der Waals surface area contributed by atoms with E-state index in [1.165, 1.54) is 5.56 Å². The molecule has 1 aliphatic rings. The van der Waals surface area contributed by atoms with Crippen molar-refractivity contribution in [2.75, 3.05) is 0 Å². The number of rotatable bonds is 3. The van der Waals surface area contributed by atoms with E-state index in [0.717, 1.165) is 29.5 Å². The molecule has 0 spiro atoms. The van der Waals surface area contributed by atoms with Gasteiger partial charge in [-0.05, 0) is 48.4 Å². The molecule has 2 heteroatoms. The molecule has 110 valence electrons. The van der Waals surface area contributed by atoms with Gasteiger partial charge in [-0.1, -0.05) is 45.4 Å². The van der Waals surface area contributed by atoms with Crippen LogP contribution >= 0.6 is 0 Å². The number of unbranched alkanes of at least 4 members (excludes halogenated alkanes) is 1. The first-order valence-electron chi connectivity index (χ1n) is 7.53. The van der Waals surface area contributed by atoms with Crippen molar-refractivity contribution in [1.29, 1.82) is 0 Å². The second-order valence-corrected chi connectivity index (χ2v) is 6.34. The van der Waals surface area contributed by atoms with Crippen LogP contribution in [0.4, 0.5) is 0 Å². The molecule has 1 aromatic rings. The highest BCUT2D eigenvalue weighted by Crippen LogP contribution is 2.53. The van der Waals surface area contributed by atoms with E-state index in [0.29, 0.717) is 5.75 Å². The van der Waals surface area contributed by atoms with Gasteiger partial charge in [0.1, 0.15) is 5.75 Å². The predicted molar refractivity (Wildman–Crippen MR) is 83.1 cm³/mol. The van der Waals surface area contributed by atoms with Gasteiger partial charge in [-0.25, -0.2) is 0 Å². The van der Waals surface area contributed by atoms with E-state index in [9.17, 15) is 10.2 Å². The van der Waals surface area contributed by atoms with E-state index in [4.69, 9.17) is 0 Å². The quantitative estimate of drug-likeness (QED) is 0.818. The molecule has 0 bridgehead atoms. The Bertz CT molecular complexity index is 521. The van der Waals surface area contributed by atoms with Crippen molar-refractivity contribution in [2.45, 2.75) is 59.0 Å². The van der Waals surface area contributed by atoms with Crippen LogP contribution in [0, 0.1) is 19.8 Å². The van der Waals surface area contributed by atoms with Gasteiger partial charge in [-0.3, -0.25) is 0 Å². The third kappa shape index (κ3) is 2.07. The Hall–Kier alpha value is -1.28. The van der Waals surface area contributed by atoms with Gasteiger partial charge in [-0.15, -0.1) is 0 Å². The second-order valence-electron chi connectivity index (χ2n) is 6.34. The fraction of sp³-hybridized carbons (Fsp3) is 0.556. The number of aryl methyl sites for hydroxylation is 2. The summed E-state index contributed by atoms with van der Waals surface area (Å²) < 4.78 is 0. The monoisotopic (exact) mass is 274 g/mol. The summed E-state index contributed by atoms with van der Waals surface area (Å²) in [5, 5.41) is 20.2. The van der Waals surface area contributed by atoms with Crippen molar-refractivity contribution < 1.29 is 10.2 Å². The first-order chi connectivity index (χ1) is 9.33. The van der Waals surface area contributed by atoms with Crippen molar-refractivity contribution in [3.63, 3.8) is 0 Å². The molecule has 2 N–H and O–H groups in total. The molecule has 0 saturated heterocycles. The zero-order valence-corrected chi connectivity index (χ0v) is 13.2. The second kappa shape index (κ2) is 5.25. The minimum absolute atomic E-state index is 0.113. The van der Waals surface area contributed by atoms with Crippen LogP contribution in [-0.4, -0.2) is 16.3 Å². The van der Waals surface area contributed by atoms with Crippen molar-refractivity contribution in [1.82, 2.24) is 0 Å². The van der Waals surface area contributed by atoms with E-state index >= 15 is 0 Å². The van der Waals surface area contributed by atoms with Gasteiger partial charge in [0, 0.05) is 5.41 Å². The number of allylic oxidation sites excluding steroid dienone is 1. The fourth-order valence-electron chi connectivity index (χ4n) is 3.38. The van der Waals surface area contributed by atoms with Crippen LogP contribution < -0.4 is 0 Å². The Morgan fingerprint density at radius 2 is 1.80 bits per heavy atom. The highest BCUT2D eigenvalue weighted by atomic mass is 16.3. The van der Waals surface area contributed by atoms with Gasteiger partial charge in [0.2, 0.25) is 0 Å². The average molecular weight is 274 g/mol. The van der Waals surface area contributed by atoms with Crippen LogP contribution in [-0.2, 0) is 5.41 Å². The number of aliphatic hydroxyl groups is 1. The molecule has 20 heavy (non-hydrogen) atoms. The van der Waals surface area contributed by atoms with Crippen molar-refractivity contribution in [2.24, 2.45) is 5.92 Å². The van der Waals surface area contributed by atoms with Crippen LogP contribution in [0.2, 0.25) is 0 Å². The summed E-state index contributed by atoms with van der Waals surface area (Å²) in [7, 11) is 0. The Morgan fingerprint density at radius 1 is 1.25 bits per heavy atom. The third-order valence-corrected chi connectivity index (χ3v) is 5.05. The van der Waals surface area contributed by atoms with Gasteiger partial charge >= 0.3 is 0 Å². The molecule has 3 unspecified atom stereocenters. The number of aliphatic hydroxyl groups excluding tert-OH is 1. The van der Waals surface area contributed by atoms with Crippen LogP contribution in [0.15, 0.2) is 23.8 Å². The van der Waals surface area contributed by atoms with Gasteiger partial charge in [-0.2, -0.15) is 0 Å². The summed E-state index contributed by atoms with van der Waals surface area (Å²) in [5.41, 5.74) is 4.04. The molecular weight excluding hydrogens is 248 g/mol. The van der Waals surface area contributed by atoms with Gasteiger partial charge in [0.15, 0.2) is 0 Å². The summed E-state index contributed by atoms with van der Waals surface area (Å²) in [5.74, 6) is 0.581. The maximum atomic E-state index is 10.3. The molecule has 1 aromatic carbocycles. The van der Waals surface area contributed by atoms with Gasteiger partial charge in [0.25, 0.3) is 0 Å². The zero-order valence-electron chi connectivity index (χ0n) is 13.2. The molecule has 0 aromatic heterocycles. The van der Waals surface area contributed by atoms with Crippen molar-refractivity contribution in [3.8, 4) is 5.75 Å². The number of phenols is 1. The lowest BCUT2D eigenvalue weighted by Gasteiger charge is -2.53. The Labute approximate surface area is 122 Å². The Balaban J connectivity index is 2.48. The highest BCUT2D eigenvalue weighted by molar-refractivity contribution is 5.52. The molecular formula is C18H26O2. The molecule has 0 heterocycles. The molecule has 2 nitrogen and oxygen atoms in total. The Kier molecular flexibility index (Phi) is 3.97. The van der Waals surface area contributed by atoms with E-state index < -0.39 is 0 Å². The number of phenolic OH excluding ortho intramolecular Hbond substituents is 1. The maximum absolute atomic E-state index is 10.3. The zero-order chi connectivity index (χ0) is 15.1. The Morgan fingerprint density at radius 3 is 2.30 bits per heavy atom. The largest absolute Gasteiger partial charge is 0.507 e. The van der Waals surface area contributed by atoms with Crippen molar-refractivity contribution in [3.05, 3.63) is 40.5 Å². The number of aromatic hydroxyl groups is 1. The van der Waals surface area contributed by atoms with Gasteiger partial charge < -0.3 is 10.2 Å². The first kappa shape index (κ1) is 15.1. The van der Waals surface area contributed by atoms with Crippen LogP contribution in [0.3, 0.4) is 0 Å². The van der Waals surface area contributed by atoms with Crippen LogP contribution in [0.25, 0.3) is 0 Å². The topological polar surface area (TPSA) is 40.5 Å². The lowest BCUT2D eigenvalue weighted by molar-refractivity contribution is 0.0319. The summed E-state index contributed by atoms with van der Waals surface area (Å²) in [6, 6.07) is 4.12. The minimum Gasteiger partial charge on any atom is -0.507 e. The number of hydrogen-bond donors (Lipinski definition) is 2. The lowest BCUT2D eigenvalue weighted by atomic mass is 9.53. The molecule has 0 radical (unpaired) electrons. The van der Waals surface area contributed by atoms with E-state index in [2.05, 4.69) is 39.0 Å². The SMILES string of the molecule is CCCC=C1C(O)C(C)C1(C)c1cc(C)c(O)c(C)c1. The molecule has 3 atom stereocenters. The standard InChI is InChI=1S/C18H26O2/c1-6-7-8-15-17(20)13(4)18(15,5)14-9-11(2)16(19)12(3)10-14/h8-10,13,17,19-20H,6-7H2,1-5H3. The summed E-state index contributed by atoms with van der Waals surface area (Å²) in [4.78, 5) is 0. The molecule has 0 aliphatic heterocycles. The smallest absolute Gasteiger partial charge is 0.121 e. The fourth-order valence-corrected chi connectivity index (χ4v) is 3.38. The first-order valence-corrected chi connectivity index (χ1v) is 7.53. The summed E-state index contributed by atoms with van der Waals surface area (Å²) >= 11 is 0. The third-order valence-electron chi connectivity index (χ3n) is 5.05. The highest BCUT2D eigenvalue weighted by Gasteiger charge is 2.52. The molecule has 0 amide bonds. The normalized spacial score (nSPS) is 31.4. The van der Waals surface area contributed by atoms with E-state index in [1.54, 1.807) is 0 Å². The average Bonchev–Trinajstić information content (AvgIpc) is 2.43. The molecule has 2 rings (SSSR count). The van der Waals surface area contributed by atoms with E-state index in [1.807, 2.05) is 13.8 Å². The summed E-state index contributed by atoms with van der Waals surface area (Å²) in [6.45, 7) is 10.3. The number of benzene rings is 1. The van der Waals surface area contributed by atoms with Crippen LogP contribution in [0.5, 0.6) is 5.75 Å². The molecule has 1 fully saturated rings. The maximum Gasteiger partial charge on any atom is 0.121 e. The molecule has 1 aliphatic carbocycles. The van der Waals surface area contributed by atoms with E-state index in [-0.39, 0.29) is 17.4 Å². The molecule has 1 saturated carbocycles. The minimum atomic E-state index is -0.332. The van der Waals surface area contributed by atoms with Crippen LogP contribution in [0.1, 0.15) is 50.3 Å². The summed E-state index contributed by atoms with van der Waals surface area (Å²) in [6.07, 6.45) is 3.96. The van der Waals surface area contributed by atoms with Crippen molar-refractivity contribution >= 4 is 0 Å². The lowest BCUT2D eigenvalue weighted by Crippen LogP contribution is -2.54. The van der Waals surface area contributed by atoms with Gasteiger partial charge in [0.05, 0.1) is 6.10 Å². The number of hydrogen-bond acceptors (Lipinski definition) is 2.